The van der Waals surface area contributed by atoms with Crippen LogP contribution < -0.4 is 0 Å². The summed E-state index contributed by atoms with van der Waals surface area (Å²) in [4.78, 5) is 0. The van der Waals surface area contributed by atoms with Gasteiger partial charge in [-0.25, -0.2) is 0 Å². The van der Waals surface area contributed by atoms with E-state index in [0.29, 0.717) is 5.73 Å². The number of hydrogen-bond donors (Lipinski definition) is 0. The topological polar surface area (TPSA) is 18.5 Å². The van der Waals surface area contributed by atoms with E-state index in [1.807, 2.05) is 0 Å². The molecule has 2 rings (SSSR count). The molecule has 0 bridgehead atoms. The van der Waals surface area contributed by atoms with Crippen molar-refractivity contribution in [1.29, 1.82) is 0 Å². The van der Waals surface area contributed by atoms with Crippen LogP contribution in [0.5, 0.6) is 0 Å². The van der Waals surface area contributed by atoms with Gasteiger partial charge in [-0.2, -0.15) is 0 Å². The van der Waals surface area contributed by atoms with E-state index in [9.17, 15) is 0 Å². The van der Waals surface area contributed by atoms with E-state index < -0.39 is 9.04 Å². The molecule has 1 heterocycles. The molecule has 1 saturated carbocycles. The fourth-order valence-electron chi connectivity index (χ4n) is 3.37. The van der Waals surface area contributed by atoms with E-state index in [1.165, 1.54) is 51.0 Å². The summed E-state index contributed by atoms with van der Waals surface area (Å²) in [6.45, 7) is 6.61. The Morgan fingerprint density at radius 3 is 2.56 bits per heavy atom. The van der Waals surface area contributed by atoms with Gasteiger partial charge in [-0.1, -0.05) is 39.5 Å². The summed E-state index contributed by atoms with van der Waals surface area (Å²) in [5.41, 5.74) is 0.510. The Bertz CT molecular complexity index is 221. The molecule has 3 heteroatoms. The average Bonchev–Trinajstić information content (AvgIpc) is 3.00. The molecule has 0 spiro atoms. The van der Waals surface area contributed by atoms with Crippen molar-refractivity contribution in [3.63, 3.8) is 0 Å². The van der Waals surface area contributed by atoms with Crippen molar-refractivity contribution in [3.05, 3.63) is 0 Å². The highest BCUT2D eigenvalue weighted by Crippen LogP contribution is 2.28. The van der Waals surface area contributed by atoms with Crippen LogP contribution in [-0.4, -0.2) is 28.0 Å². The first-order valence-electron chi connectivity index (χ1n) is 7.99. The molecule has 0 aromatic rings. The summed E-state index contributed by atoms with van der Waals surface area (Å²) in [6.07, 6.45) is 9.59. The maximum Gasteiger partial charge on any atom is 0.205 e. The molecule has 2 aliphatic rings. The maximum absolute atomic E-state index is 6.31. The zero-order chi connectivity index (χ0) is 12.8. The van der Waals surface area contributed by atoms with E-state index in [4.69, 9.17) is 9.16 Å². The maximum atomic E-state index is 6.31. The third kappa shape index (κ3) is 4.67. The minimum atomic E-state index is -1.13. The second kappa shape index (κ2) is 7.66. The first-order chi connectivity index (χ1) is 8.75. The third-order valence-corrected chi connectivity index (χ3v) is 7.84. The fraction of sp³-hybridized carbons (Fsp3) is 1.00. The number of rotatable bonds is 7. The largest absolute Gasteiger partial charge is 0.417 e. The summed E-state index contributed by atoms with van der Waals surface area (Å²) in [6, 6.07) is 1.29. The van der Waals surface area contributed by atoms with Crippen LogP contribution in [0.2, 0.25) is 6.04 Å². The van der Waals surface area contributed by atoms with Crippen molar-refractivity contribution >= 4 is 9.04 Å². The monoisotopic (exact) mass is 270 g/mol. The minimum Gasteiger partial charge on any atom is -0.417 e. The molecule has 1 aliphatic carbocycles. The van der Waals surface area contributed by atoms with E-state index >= 15 is 0 Å². The summed E-state index contributed by atoms with van der Waals surface area (Å²) in [7, 11) is -1.13. The van der Waals surface area contributed by atoms with Gasteiger partial charge in [-0.15, -0.1) is 0 Å². The van der Waals surface area contributed by atoms with Crippen molar-refractivity contribution in [3.8, 4) is 0 Å². The van der Waals surface area contributed by atoms with Crippen LogP contribution >= 0.6 is 0 Å². The molecule has 0 aromatic carbocycles. The highest BCUT2D eigenvalue weighted by atomic mass is 28.3. The quantitative estimate of drug-likeness (QED) is 0.657. The predicted octanol–water partition coefficient (Wildman–Crippen LogP) is 3.68. The third-order valence-electron chi connectivity index (χ3n) is 4.42. The van der Waals surface area contributed by atoms with Gasteiger partial charge < -0.3 is 9.16 Å². The van der Waals surface area contributed by atoms with Gasteiger partial charge in [0.1, 0.15) is 0 Å². The fourth-order valence-corrected chi connectivity index (χ4v) is 6.35. The molecule has 18 heavy (non-hydrogen) atoms. The molecule has 2 atom stereocenters. The summed E-state index contributed by atoms with van der Waals surface area (Å²) < 4.78 is 12.2. The molecule has 0 aromatic heterocycles. The normalized spacial score (nSPS) is 27.2. The summed E-state index contributed by atoms with van der Waals surface area (Å²) in [5, 5.41) is 0. The van der Waals surface area contributed by atoms with Crippen LogP contribution in [0.15, 0.2) is 0 Å². The van der Waals surface area contributed by atoms with Crippen molar-refractivity contribution in [2.24, 2.45) is 11.8 Å². The molecule has 2 unspecified atom stereocenters. The molecule has 2 fully saturated rings. The van der Waals surface area contributed by atoms with Gasteiger partial charge in [-0.3, -0.25) is 0 Å². The Morgan fingerprint density at radius 1 is 1.17 bits per heavy atom. The zero-order valence-corrected chi connectivity index (χ0v) is 13.4. The second-order valence-electron chi connectivity index (χ2n) is 6.53. The van der Waals surface area contributed by atoms with E-state index in [-0.39, 0.29) is 0 Å². The molecule has 1 saturated heterocycles. The molecular formula is C15H30O2Si. The predicted molar refractivity (Wildman–Crippen MR) is 78.3 cm³/mol. The van der Waals surface area contributed by atoms with Crippen LogP contribution in [0, 0.1) is 11.8 Å². The highest BCUT2D eigenvalue weighted by Gasteiger charge is 2.29. The smallest absolute Gasteiger partial charge is 0.205 e. The van der Waals surface area contributed by atoms with Gasteiger partial charge in [0.05, 0.1) is 5.73 Å². The van der Waals surface area contributed by atoms with E-state index in [2.05, 4.69) is 13.8 Å². The van der Waals surface area contributed by atoms with Crippen molar-refractivity contribution in [2.45, 2.75) is 70.6 Å². The van der Waals surface area contributed by atoms with E-state index in [0.717, 1.165) is 25.0 Å². The lowest BCUT2D eigenvalue weighted by Gasteiger charge is -2.24. The molecule has 2 nitrogen and oxygen atoms in total. The summed E-state index contributed by atoms with van der Waals surface area (Å²) in [5.74, 6) is 1.72. The van der Waals surface area contributed by atoms with Gasteiger partial charge in [0, 0.05) is 13.2 Å². The van der Waals surface area contributed by atoms with Crippen LogP contribution in [-0.2, 0) is 9.16 Å². The second-order valence-corrected chi connectivity index (χ2v) is 9.15. The Labute approximate surface area is 114 Å². The summed E-state index contributed by atoms with van der Waals surface area (Å²) >= 11 is 0. The zero-order valence-electron chi connectivity index (χ0n) is 12.2. The lowest BCUT2D eigenvalue weighted by Crippen LogP contribution is -2.35. The van der Waals surface area contributed by atoms with Crippen LogP contribution in [0.4, 0.5) is 0 Å². The molecule has 106 valence electrons. The molecule has 0 radical (unpaired) electrons. The Morgan fingerprint density at radius 2 is 1.94 bits per heavy atom. The Balaban J connectivity index is 1.69. The Hall–Kier alpha value is 0.137. The standard InChI is InChI=1S/C15H30O2Si/c1-13(2)12-18(15-8-5-10-16-15)17-11-9-14-6-3-4-7-14/h13-15,18H,3-12H2,1-2H3. The van der Waals surface area contributed by atoms with E-state index in [1.54, 1.807) is 0 Å². The number of ether oxygens (including phenoxy) is 1. The van der Waals surface area contributed by atoms with Crippen LogP contribution in [0.25, 0.3) is 0 Å². The number of hydrogen-bond acceptors (Lipinski definition) is 2. The van der Waals surface area contributed by atoms with Gasteiger partial charge >= 0.3 is 0 Å². The van der Waals surface area contributed by atoms with Gasteiger partial charge in [0.15, 0.2) is 0 Å². The van der Waals surface area contributed by atoms with Crippen LogP contribution in [0.1, 0.15) is 58.8 Å². The molecular weight excluding hydrogens is 240 g/mol. The van der Waals surface area contributed by atoms with Crippen molar-refractivity contribution < 1.29 is 9.16 Å². The van der Waals surface area contributed by atoms with Crippen molar-refractivity contribution in [2.75, 3.05) is 13.2 Å². The average molecular weight is 270 g/mol. The first kappa shape index (κ1) is 14.5. The minimum absolute atomic E-state index is 0.510. The highest BCUT2D eigenvalue weighted by molar-refractivity contribution is 6.53. The molecule has 1 aliphatic heterocycles. The molecule has 0 N–H and O–H groups in total. The van der Waals surface area contributed by atoms with Crippen LogP contribution in [0.3, 0.4) is 0 Å². The van der Waals surface area contributed by atoms with Crippen molar-refractivity contribution in [1.82, 2.24) is 0 Å². The van der Waals surface area contributed by atoms with Gasteiger partial charge in [0.2, 0.25) is 9.04 Å². The first-order valence-corrected chi connectivity index (χ1v) is 9.94. The van der Waals surface area contributed by atoms with Gasteiger partial charge in [0.25, 0.3) is 0 Å². The SMILES string of the molecule is CC(C)C[SiH](OCCC1CCCC1)C1CCCO1. The molecule has 0 amide bonds. The lowest BCUT2D eigenvalue weighted by atomic mass is 10.1. The lowest BCUT2D eigenvalue weighted by molar-refractivity contribution is 0.138. The van der Waals surface area contributed by atoms with Gasteiger partial charge in [-0.05, 0) is 37.1 Å². The Kier molecular flexibility index (Phi) is 6.19.